The standard InChI is InChI=1S/C14H15NO5S2/c1-15(9-10-3-5-11(20-2)6-4-10)22(18,19)12-7-8-21-13(12)14(16)17/h3-8H,9H2,1-2H3,(H,16,17). The summed E-state index contributed by atoms with van der Waals surface area (Å²) in [5, 5.41) is 10.5. The van der Waals surface area contributed by atoms with Crippen LogP contribution in [-0.4, -0.2) is 38.0 Å². The highest BCUT2D eigenvalue weighted by Gasteiger charge is 2.27. The maximum Gasteiger partial charge on any atom is 0.347 e. The molecule has 0 atom stereocenters. The van der Waals surface area contributed by atoms with Crippen molar-refractivity contribution in [1.82, 2.24) is 4.31 Å². The molecule has 0 radical (unpaired) electrons. The number of sulfonamides is 1. The molecule has 1 aromatic heterocycles. The van der Waals surface area contributed by atoms with Crippen LogP contribution in [0.2, 0.25) is 0 Å². The Hall–Kier alpha value is -1.90. The fraction of sp³-hybridized carbons (Fsp3) is 0.214. The van der Waals surface area contributed by atoms with E-state index in [2.05, 4.69) is 0 Å². The first-order chi connectivity index (χ1) is 10.4. The van der Waals surface area contributed by atoms with Crippen molar-refractivity contribution in [1.29, 1.82) is 0 Å². The highest BCUT2D eigenvalue weighted by atomic mass is 32.2. The van der Waals surface area contributed by atoms with Gasteiger partial charge in [-0.2, -0.15) is 4.31 Å². The van der Waals surface area contributed by atoms with Crippen molar-refractivity contribution in [3.8, 4) is 5.75 Å². The summed E-state index contributed by atoms with van der Waals surface area (Å²) in [6.07, 6.45) is 0. The SMILES string of the molecule is COc1ccc(CN(C)S(=O)(=O)c2ccsc2C(=O)O)cc1. The van der Waals surface area contributed by atoms with Crippen LogP contribution in [0.4, 0.5) is 0 Å². The Morgan fingerprint density at radius 2 is 1.91 bits per heavy atom. The lowest BCUT2D eigenvalue weighted by Crippen LogP contribution is -2.27. The third-order valence-corrected chi connectivity index (χ3v) is 5.95. The second kappa shape index (κ2) is 6.47. The second-order valence-electron chi connectivity index (χ2n) is 4.53. The van der Waals surface area contributed by atoms with Crippen LogP contribution in [0.25, 0.3) is 0 Å². The molecule has 0 saturated heterocycles. The summed E-state index contributed by atoms with van der Waals surface area (Å²) in [5.41, 5.74) is 0.777. The van der Waals surface area contributed by atoms with Gasteiger partial charge in [0.2, 0.25) is 10.0 Å². The Morgan fingerprint density at radius 1 is 1.27 bits per heavy atom. The van der Waals surface area contributed by atoms with Crippen molar-refractivity contribution in [3.63, 3.8) is 0 Å². The van der Waals surface area contributed by atoms with Gasteiger partial charge in [0.15, 0.2) is 0 Å². The number of carbonyl (C=O) groups is 1. The van der Waals surface area contributed by atoms with Crippen LogP contribution < -0.4 is 4.74 Å². The van der Waals surface area contributed by atoms with E-state index in [-0.39, 0.29) is 16.3 Å². The minimum absolute atomic E-state index is 0.140. The van der Waals surface area contributed by atoms with Gasteiger partial charge in [-0.25, -0.2) is 13.2 Å². The van der Waals surface area contributed by atoms with Gasteiger partial charge >= 0.3 is 5.97 Å². The summed E-state index contributed by atoms with van der Waals surface area (Å²) in [7, 11) is -0.883. The zero-order chi connectivity index (χ0) is 16.3. The van der Waals surface area contributed by atoms with Crippen molar-refractivity contribution >= 4 is 27.3 Å². The van der Waals surface area contributed by atoms with Crippen LogP contribution >= 0.6 is 11.3 Å². The molecule has 0 saturated carbocycles. The van der Waals surface area contributed by atoms with E-state index in [4.69, 9.17) is 9.84 Å². The number of thiophene rings is 1. The zero-order valence-corrected chi connectivity index (χ0v) is 13.6. The van der Waals surface area contributed by atoms with E-state index in [0.29, 0.717) is 5.75 Å². The molecule has 0 unspecified atom stereocenters. The molecule has 2 aromatic rings. The van der Waals surface area contributed by atoms with Crippen molar-refractivity contribution in [3.05, 3.63) is 46.2 Å². The second-order valence-corrected chi connectivity index (χ2v) is 7.46. The summed E-state index contributed by atoms with van der Waals surface area (Å²) in [6, 6.07) is 8.31. The first-order valence-electron chi connectivity index (χ1n) is 6.26. The molecule has 0 aliphatic heterocycles. The first-order valence-corrected chi connectivity index (χ1v) is 8.58. The Morgan fingerprint density at radius 3 is 2.45 bits per heavy atom. The summed E-state index contributed by atoms with van der Waals surface area (Å²) < 4.78 is 31.2. The van der Waals surface area contributed by atoms with E-state index in [9.17, 15) is 13.2 Å². The number of rotatable bonds is 6. The summed E-state index contributed by atoms with van der Waals surface area (Å²) in [4.78, 5) is 10.7. The largest absolute Gasteiger partial charge is 0.497 e. The maximum atomic E-state index is 12.5. The molecule has 0 aliphatic carbocycles. The molecule has 1 heterocycles. The Labute approximate surface area is 132 Å². The van der Waals surface area contributed by atoms with E-state index in [1.165, 1.54) is 18.5 Å². The molecular formula is C14H15NO5S2. The van der Waals surface area contributed by atoms with Gasteiger partial charge in [0.25, 0.3) is 0 Å². The number of hydrogen-bond donors (Lipinski definition) is 1. The minimum Gasteiger partial charge on any atom is -0.497 e. The normalized spacial score (nSPS) is 11.6. The highest BCUT2D eigenvalue weighted by molar-refractivity contribution is 7.89. The van der Waals surface area contributed by atoms with Gasteiger partial charge in [-0.15, -0.1) is 11.3 Å². The molecule has 0 aliphatic rings. The number of hydrogen-bond acceptors (Lipinski definition) is 5. The van der Waals surface area contributed by atoms with Gasteiger partial charge in [0.05, 0.1) is 7.11 Å². The van der Waals surface area contributed by atoms with Crippen molar-refractivity contribution < 1.29 is 23.1 Å². The molecule has 8 heteroatoms. The van der Waals surface area contributed by atoms with Gasteiger partial charge in [0, 0.05) is 13.6 Å². The molecule has 1 aromatic carbocycles. The fourth-order valence-electron chi connectivity index (χ4n) is 1.90. The average molecular weight is 341 g/mol. The molecule has 6 nitrogen and oxygen atoms in total. The van der Waals surface area contributed by atoms with Gasteiger partial charge in [-0.1, -0.05) is 12.1 Å². The van der Waals surface area contributed by atoms with Crippen LogP contribution in [-0.2, 0) is 16.6 Å². The van der Waals surface area contributed by atoms with Crippen molar-refractivity contribution in [2.24, 2.45) is 0 Å². The monoisotopic (exact) mass is 341 g/mol. The van der Waals surface area contributed by atoms with Crippen LogP contribution in [0, 0.1) is 0 Å². The number of ether oxygens (including phenoxy) is 1. The lowest BCUT2D eigenvalue weighted by atomic mass is 10.2. The molecule has 0 bridgehead atoms. The molecule has 0 amide bonds. The number of methoxy groups -OCH3 is 1. The molecular weight excluding hydrogens is 326 g/mol. The van der Waals surface area contributed by atoms with Crippen molar-refractivity contribution in [2.45, 2.75) is 11.4 Å². The van der Waals surface area contributed by atoms with Gasteiger partial charge in [0.1, 0.15) is 15.5 Å². The quantitative estimate of drug-likeness (QED) is 0.871. The number of benzene rings is 1. The number of carboxylic acid groups (broad SMARTS) is 1. The first kappa shape index (κ1) is 16.5. The molecule has 0 fully saturated rings. The molecule has 1 N–H and O–H groups in total. The molecule has 22 heavy (non-hydrogen) atoms. The van der Waals surface area contributed by atoms with E-state index in [0.717, 1.165) is 21.2 Å². The molecule has 0 spiro atoms. The van der Waals surface area contributed by atoms with Crippen LogP contribution in [0.15, 0.2) is 40.6 Å². The van der Waals surface area contributed by atoms with E-state index in [1.54, 1.807) is 31.4 Å². The number of carboxylic acids is 1. The topological polar surface area (TPSA) is 83.9 Å². The van der Waals surface area contributed by atoms with Gasteiger partial charge < -0.3 is 9.84 Å². The predicted octanol–water partition coefficient (Wildman–Crippen LogP) is 2.28. The summed E-state index contributed by atoms with van der Waals surface area (Å²) >= 11 is 0.891. The third-order valence-electron chi connectivity index (χ3n) is 3.08. The van der Waals surface area contributed by atoms with E-state index in [1.807, 2.05) is 0 Å². The highest BCUT2D eigenvalue weighted by Crippen LogP contribution is 2.25. The van der Waals surface area contributed by atoms with Crippen LogP contribution in [0.1, 0.15) is 15.2 Å². The average Bonchev–Trinajstić information content (AvgIpc) is 2.98. The van der Waals surface area contributed by atoms with Gasteiger partial charge in [-0.3, -0.25) is 0 Å². The zero-order valence-electron chi connectivity index (χ0n) is 12.0. The molecule has 118 valence electrons. The Kier molecular flexibility index (Phi) is 4.84. The number of nitrogens with zero attached hydrogens (tertiary/aromatic N) is 1. The fourth-order valence-corrected chi connectivity index (χ4v) is 4.29. The maximum absolute atomic E-state index is 12.5. The lowest BCUT2D eigenvalue weighted by molar-refractivity contribution is 0.0698. The summed E-state index contributed by atoms with van der Waals surface area (Å²) in [6.45, 7) is 0.140. The van der Waals surface area contributed by atoms with Gasteiger partial charge in [-0.05, 0) is 29.1 Å². The summed E-state index contributed by atoms with van der Waals surface area (Å²) in [5.74, 6) is -0.563. The third kappa shape index (κ3) is 3.29. The predicted molar refractivity (Wildman–Crippen MR) is 82.9 cm³/mol. The lowest BCUT2D eigenvalue weighted by Gasteiger charge is -2.17. The minimum atomic E-state index is -3.85. The smallest absolute Gasteiger partial charge is 0.347 e. The Balaban J connectivity index is 2.24. The van der Waals surface area contributed by atoms with E-state index < -0.39 is 16.0 Å². The Bertz CT molecular complexity index is 765. The molecule has 2 rings (SSSR count). The van der Waals surface area contributed by atoms with Crippen LogP contribution in [0.3, 0.4) is 0 Å². The van der Waals surface area contributed by atoms with Crippen LogP contribution in [0.5, 0.6) is 5.75 Å². The number of aromatic carboxylic acids is 1. The van der Waals surface area contributed by atoms with E-state index >= 15 is 0 Å². The van der Waals surface area contributed by atoms with Crippen molar-refractivity contribution in [2.75, 3.05) is 14.2 Å².